The molecule has 0 unspecified atom stereocenters. The zero-order valence-corrected chi connectivity index (χ0v) is 6.32. The molecule has 1 rings (SSSR count). The molecule has 64 valence electrons. The molecular formula is C7H9N3O2. The van der Waals surface area contributed by atoms with E-state index in [4.69, 9.17) is 5.21 Å². The lowest BCUT2D eigenvalue weighted by molar-refractivity contribution is -0.116. The van der Waals surface area contributed by atoms with Gasteiger partial charge in [0.1, 0.15) is 6.54 Å². The minimum absolute atomic E-state index is 0.130. The number of amides is 1. The van der Waals surface area contributed by atoms with Crippen LogP contribution in [-0.2, 0) is 4.79 Å². The maximum absolute atomic E-state index is 10.9. The predicted octanol–water partition coefficient (Wildman–Crippen LogP) is -0.00110. The first-order valence-corrected chi connectivity index (χ1v) is 3.40. The smallest absolute Gasteiger partial charge is 0.240 e. The second kappa shape index (κ2) is 4.42. The van der Waals surface area contributed by atoms with Crippen molar-refractivity contribution in [1.29, 1.82) is 0 Å². The van der Waals surface area contributed by atoms with Gasteiger partial charge in [0, 0.05) is 6.20 Å². The number of nitrogens with one attached hydrogen (secondary N) is 2. The third-order valence-corrected chi connectivity index (χ3v) is 1.18. The van der Waals surface area contributed by atoms with Crippen molar-refractivity contribution >= 4 is 11.6 Å². The third-order valence-electron chi connectivity index (χ3n) is 1.18. The highest BCUT2D eigenvalue weighted by atomic mass is 16.5. The summed E-state index contributed by atoms with van der Waals surface area (Å²) < 4.78 is 0. The number of hydrogen-bond acceptors (Lipinski definition) is 4. The molecule has 1 aromatic heterocycles. The van der Waals surface area contributed by atoms with Crippen molar-refractivity contribution in [2.24, 2.45) is 0 Å². The topological polar surface area (TPSA) is 74.2 Å². The minimum atomic E-state index is -0.314. The van der Waals surface area contributed by atoms with Gasteiger partial charge in [0.25, 0.3) is 0 Å². The molecule has 3 N–H and O–H groups in total. The third kappa shape index (κ3) is 2.65. The maximum atomic E-state index is 10.9. The normalized spacial score (nSPS) is 9.42. The Hall–Kier alpha value is -1.46. The Balaban J connectivity index is 2.47. The molecule has 0 radical (unpaired) electrons. The number of hydroxylamine groups is 1. The molecule has 0 spiro atoms. The van der Waals surface area contributed by atoms with Gasteiger partial charge in [-0.2, -0.15) is 5.48 Å². The van der Waals surface area contributed by atoms with E-state index in [1.54, 1.807) is 23.8 Å². The van der Waals surface area contributed by atoms with E-state index in [-0.39, 0.29) is 12.5 Å². The van der Waals surface area contributed by atoms with Gasteiger partial charge in [-0.05, 0) is 12.1 Å². The second-order valence-electron chi connectivity index (χ2n) is 2.12. The van der Waals surface area contributed by atoms with E-state index in [2.05, 4.69) is 10.3 Å². The Morgan fingerprint density at radius 3 is 3.08 bits per heavy atom. The second-order valence-corrected chi connectivity index (χ2v) is 2.12. The molecule has 0 bridgehead atoms. The van der Waals surface area contributed by atoms with Crippen LogP contribution in [0.25, 0.3) is 0 Å². The average molecular weight is 167 g/mol. The Morgan fingerprint density at radius 2 is 2.50 bits per heavy atom. The van der Waals surface area contributed by atoms with Crippen LogP contribution in [0.15, 0.2) is 24.5 Å². The summed E-state index contributed by atoms with van der Waals surface area (Å²) in [5.41, 5.74) is 2.36. The number of carbonyl (C=O) groups excluding carboxylic acids is 1. The number of pyridine rings is 1. The largest absolute Gasteiger partial charge is 0.324 e. The van der Waals surface area contributed by atoms with Gasteiger partial charge in [0.05, 0.1) is 11.9 Å². The number of carbonyl (C=O) groups is 1. The number of rotatable bonds is 3. The molecule has 0 atom stereocenters. The summed E-state index contributed by atoms with van der Waals surface area (Å²) in [6.45, 7) is -0.130. The standard InChI is InChI=1S/C7H9N3O2/c11-7(5-9-12)10-6-2-1-3-8-4-6/h1-4,9,12H,5H2,(H,10,11). The first-order valence-electron chi connectivity index (χ1n) is 3.40. The van der Waals surface area contributed by atoms with Crippen LogP contribution in [-0.4, -0.2) is 22.6 Å². The van der Waals surface area contributed by atoms with Gasteiger partial charge in [-0.1, -0.05) is 0 Å². The lowest BCUT2D eigenvalue weighted by atomic mass is 10.4. The van der Waals surface area contributed by atoms with Gasteiger partial charge in [-0.3, -0.25) is 9.78 Å². The van der Waals surface area contributed by atoms with E-state index in [0.29, 0.717) is 5.69 Å². The van der Waals surface area contributed by atoms with Crippen molar-refractivity contribution < 1.29 is 10.0 Å². The van der Waals surface area contributed by atoms with Crippen LogP contribution in [0.4, 0.5) is 5.69 Å². The molecule has 1 aromatic rings. The fourth-order valence-corrected chi connectivity index (χ4v) is 0.714. The molecule has 5 heteroatoms. The molecule has 0 aliphatic heterocycles. The number of hydrogen-bond donors (Lipinski definition) is 3. The molecule has 1 amide bonds. The molecule has 1 heterocycles. The highest BCUT2D eigenvalue weighted by Gasteiger charge is 1.98. The van der Waals surface area contributed by atoms with Crippen LogP contribution in [0.2, 0.25) is 0 Å². The van der Waals surface area contributed by atoms with E-state index in [1.165, 1.54) is 6.20 Å². The Labute approximate surface area is 69.4 Å². The summed E-state index contributed by atoms with van der Waals surface area (Å²) in [6.07, 6.45) is 3.13. The SMILES string of the molecule is O=C(CNO)Nc1cccnc1. The summed E-state index contributed by atoms with van der Waals surface area (Å²) >= 11 is 0. The average Bonchev–Trinajstić information content (AvgIpc) is 2.06. The van der Waals surface area contributed by atoms with Crippen molar-refractivity contribution in [3.63, 3.8) is 0 Å². The number of aromatic nitrogens is 1. The van der Waals surface area contributed by atoms with Gasteiger partial charge < -0.3 is 10.5 Å². The quantitative estimate of drug-likeness (QED) is 0.554. The van der Waals surface area contributed by atoms with Crippen molar-refractivity contribution in [3.05, 3.63) is 24.5 Å². The first kappa shape index (κ1) is 8.63. The zero-order chi connectivity index (χ0) is 8.81. The Morgan fingerprint density at radius 1 is 1.67 bits per heavy atom. The van der Waals surface area contributed by atoms with Crippen LogP contribution in [0.5, 0.6) is 0 Å². The number of nitrogens with zero attached hydrogens (tertiary/aromatic N) is 1. The molecule has 0 aromatic carbocycles. The molecule has 0 aliphatic carbocycles. The first-order chi connectivity index (χ1) is 5.83. The van der Waals surface area contributed by atoms with Gasteiger partial charge >= 0.3 is 0 Å². The van der Waals surface area contributed by atoms with E-state index < -0.39 is 0 Å². The van der Waals surface area contributed by atoms with E-state index in [9.17, 15) is 4.79 Å². The molecule has 5 nitrogen and oxygen atoms in total. The van der Waals surface area contributed by atoms with Gasteiger partial charge in [-0.15, -0.1) is 0 Å². The van der Waals surface area contributed by atoms with Crippen molar-refractivity contribution in [3.8, 4) is 0 Å². The fraction of sp³-hybridized carbons (Fsp3) is 0.143. The maximum Gasteiger partial charge on any atom is 0.240 e. The number of anilines is 1. The summed E-state index contributed by atoms with van der Waals surface area (Å²) in [7, 11) is 0. The van der Waals surface area contributed by atoms with Gasteiger partial charge in [0.15, 0.2) is 0 Å². The van der Waals surface area contributed by atoms with Crippen LogP contribution < -0.4 is 10.8 Å². The Kier molecular flexibility index (Phi) is 3.18. The molecule has 0 saturated carbocycles. The summed E-state index contributed by atoms with van der Waals surface area (Å²) in [6, 6.07) is 3.42. The zero-order valence-electron chi connectivity index (χ0n) is 6.32. The molecule has 12 heavy (non-hydrogen) atoms. The summed E-state index contributed by atoms with van der Waals surface area (Å²) in [4.78, 5) is 14.7. The Bertz CT molecular complexity index is 250. The monoisotopic (exact) mass is 167 g/mol. The molecule has 0 fully saturated rings. The van der Waals surface area contributed by atoms with Crippen LogP contribution >= 0.6 is 0 Å². The fourth-order valence-electron chi connectivity index (χ4n) is 0.714. The molecular weight excluding hydrogens is 158 g/mol. The predicted molar refractivity (Wildman–Crippen MR) is 42.7 cm³/mol. The minimum Gasteiger partial charge on any atom is -0.324 e. The highest BCUT2D eigenvalue weighted by Crippen LogP contribution is 2.01. The molecule has 0 aliphatic rings. The van der Waals surface area contributed by atoms with E-state index in [1.807, 2.05) is 0 Å². The van der Waals surface area contributed by atoms with Crippen molar-refractivity contribution in [2.75, 3.05) is 11.9 Å². The van der Waals surface area contributed by atoms with Crippen LogP contribution in [0.3, 0.4) is 0 Å². The lowest BCUT2D eigenvalue weighted by Gasteiger charge is -2.01. The van der Waals surface area contributed by atoms with Gasteiger partial charge in [0.2, 0.25) is 5.91 Å². The summed E-state index contributed by atoms with van der Waals surface area (Å²) in [5, 5.41) is 10.7. The van der Waals surface area contributed by atoms with E-state index in [0.717, 1.165) is 0 Å². The van der Waals surface area contributed by atoms with Crippen molar-refractivity contribution in [2.45, 2.75) is 0 Å². The van der Waals surface area contributed by atoms with Gasteiger partial charge in [-0.25, -0.2) is 0 Å². The van der Waals surface area contributed by atoms with E-state index >= 15 is 0 Å². The van der Waals surface area contributed by atoms with Crippen LogP contribution in [0.1, 0.15) is 0 Å². The van der Waals surface area contributed by atoms with Crippen LogP contribution in [0, 0.1) is 0 Å². The molecule has 0 saturated heterocycles. The highest BCUT2D eigenvalue weighted by molar-refractivity contribution is 5.91. The van der Waals surface area contributed by atoms with Crippen molar-refractivity contribution in [1.82, 2.24) is 10.5 Å². The summed E-state index contributed by atoms with van der Waals surface area (Å²) in [5.74, 6) is -0.314. The lowest BCUT2D eigenvalue weighted by Crippen LogP contribution is -2.25.